The summed E-state index contributed by atoms with van der Waals surface area (Å²) in [5.41, 5.74) is 2.45. The monoisotopic (exact) mass is 424 g/mol. The number of hydrogen-bond acceptors (Lipinski definition) is 3. The first-order valence-electron chi connectivity index (χ1n) is 6.18. The Morgan fingerprint density at radius 3 is 2.81 bits per heavy atom. The highest BCUT2D eigenvalue weighted by Gasteiger charge is 2.14. The summed E-state index contributed by atoms with van der Waals surface area (Å²) >= 11 is 8.52. The Hall–Kier alpha value is -1.24. The van der Waals surface area contributed by atoms with E-state index in [0.29, 0.717) is 12.1 Å². The van der Waals surface area contributed by atoms with E-state index in [4.69, 9.17) is 0 Å². The first kappa shape index (κ1) is 14.7. The molecule has 3 aromatic rings. The van der Waals surface area contributed by atoms with Gasteiger partial charge in [-0.05, 0) is 45.1 Å². The zero-order valence-corrected chi connectivity index (χ0v) is 14.8. The van der Waals surface area contributed by atoms with E-state index in [1.165, 1.54) is 0 Å². The van der Waals surface area contributed by atoms with Crippen LogP contribution in [0.1, 0.15) is 15.9 Å². The zero-order chi connectivity index (χ0) is 14.8. The number of nitrogens with zero attached hydrogens (tertiary/aromatic N) is 2. The van der Waals surface area contributed by atoms with Crippen LogP contribution in [0.4, 0.5) is 0 Å². The number of carbonyl (C=O) groups excluding carboxylic acids is 1. The zero-order valence-electron chi connectivity index (χ0n) is 10.8. The van der Waals surface area contributed by atoms with Crippen molar-refractivity contribution in [3.63, 3.8) is 0 Å². The maximum atomic E-state index is 11.3. The van der Waals surface area contributed by atoms with Crippen LogP contribution in [0, 0.1) is 0 Å². The van der Waals surface area contributed by atoms with Gasteiger partial charge in [-0.15, -0.1) is 11.3 Å². The van der Waals surface area contributed by atoms with E-state index in [-0.39, 0.29) is 0 Å². The van der Waals surface area contributed by atoms with Crippen molar-refractivity contribution in [1.82, 2.24) is 9.78 Å². The van der Waals surface area contributed by atoms with E-state index in [1.54, 1.807) is 22.2 Å². The molecule has 3 nitrogen and oxygen atoms in total. The van der Waals surface area contributed by atoms with Crippen molar-refractivity contribution in [2.75, 3.05) is 0 Å². The Morgan fingerprint density at radius 2 is 2.14 bits per heavy atom. The van der Waals surface area contributed by atoms with E-state index in [0.717, 1.165) is 31.4 Å². The Balaban J connectivity index is 1.96. The summed E-state index contributed by atoms with van der Waals surface area (Å²) in [6.07, 6.45) is 2.64. The predicted octanol–water partition coefficient (Wildman–Crippen LogP) is 5.00. The molecule has 0 bridgehead atoms. The second kappa shape index (κ2) is 6.25. The van der Waals surface area contributed by atoms with E-state index in [9.17, 15) is 4.79 Å². The fourth-order valence-electron chi connectivity index (χ4n) is 2.07. The minimum atomic E-state index is 0.605. The number of carbonyl (C=O) groups is 1. The molecule has 0 radical (unpaired) electrons. The van der Waals surface area contributed by atoms with E-state index in [2.05, 4.69) is 37.0 Å². The quantitative estimate of drug-likeness (QED) is 0.551. The largest absolute Gasteiger partial charge is 0.298 e. The molecule has 21 heavy (non-hydrogen) atoms. The third-order valence-corrected chi connectivity index (χ3v) is 5.32. The number of thiophene rings is 1. The highest BCUT2D eigenvalue weighted by atomic mass is 79.9. The lowest BCUT2D eigenvalue weighted by Gasteiger charge is -2.02. The van der Waals surface area contributed by atoms with Crippen LogP contribution in [0.15, 0.2) is 50.9 Å². The molecule has 6 heteroatoms. The van der Waals surface area contributed by atoms with Crippen LogP contribution >= 0.6 is 43.2 Å². The Kier molecular flexibility index (Phi) is 4.37. The van der Waals surface area contributed by atoms with Crippen molar-refractivity contribution in [2.24, 2.45) is 0 Å². The molecule has 0 saturated carbocycles. The van der Waals surface area contributed by atoms with Crippen molar-refractivity contribution >= 4 is 49.5 Å². The molecular weight excluding hydrogens is 416 g/mol. The molecule has 0 fully saturated rings. The van der Waals surface area contributed by atoms with Gasteiger partial charge >= 0.3 is 0 Å². The van der Waals surface area contributed by atoms with Crippen molar-refractivity contribution in [3.8, 4) is 10.6 Å². The molecule has 0 atom stereocenters. The lowest BCUT2D eigenvalue weighted by atomic mass is 10.2. The number of aromatic nitrogens is 2. The van der Waals surface area contributed by atoms with Crippen molar-refractivity contribution in [1.29, 1.82) is 0 Å². The van der Waals surface area contributed by atoms with Gasteiger partial charge in [-0.2, -0.15) is 5.10 Å². The molecule has 0 N–H and O–H groups in total. The van der Waals surface area contributed by atoms with Crippen LogP contribution in [-0.4, -0.2) is 16.1 Å². The smallest absolute Gasteiger partial charge is 0.153 e. The highest BCUT2D eigenvalue weighted by molar-refractivity contribution is 9.10. The van der Waals surface area contributed by atoms with Crippen molar-refractivity contribution < 1.29 is 4.79 Å². The van der Waals surface area contributed by atoms with Crippen LogP contribution in [0.3, 0.4) is 0 Å². The van der Waals surface area contributed by atoms with Gasteiger partial charge in [0.1, 0.15) is 5.69 Å². The maximum absolute atomic E-state index is 11.3. The van der Waals surface area contributed by atoms with Crippen molar-refractivity contribution in [3.05, 3.63) is 62.0 Å². The van der Waals surface area contributed by atoms with Crippen LogP contribution in [-0.2, 0) is 6.54 Å². The molecular formula is C15H10Br2N2OS. The fraction of sp³-hybridized carbons (Fsp3) is 0.0667. The van der Waals surface area contributed by atoms with Gasteiger partial charge in [0.25, 0.3) is 0 Å². The number of aldehydes is 1. The Morgan fingerprint density at radius 1 is 1.29 bits per heavy atom. The van der Waals surface area contributed by atoms with Crippen LogP contribution in [0.5, 0.6) is 0 Å². The summed E-state index contributed by atoms with van der Waals surface area (Å²) in [5.74, 6) is 0. The molecule has 0 aliphatic rings. The predicted molar refractivity (Wildman–Crippen MR) is 91.9 cm³/mol. The first-order chi connectivity index (χ1) is 10.2. The standard InChI is InChI=1S/C15H10Br2N2OS/c16-12-3-1-2-10(6-12)7-19-8-11(9-20)14(18-19)15-13(17)4-5-21-15/h1-6,8-9H,7H2. The topological polar surface area (TPSA) is 34.9 Å². The third kappa shape index (κ3) is 3.17. The number of hydrogen-bond donors (Lipinski definition) is 0. The minimum absolute atomic E-state index is 0.605. The van der Waals surface area contributed by atoms with Crippen molar-refractivity contribution in [2.45, 2.75) is 6.54 Å². The second-order valence-corrected chi connectivity index (χ2v) is 7.16. The van der Waals surface area contributed by atoms with Gasteiger partial charge in [0.2, 0.25) is 0 Å². The minimum Gasteiger partial charge on any atom is -0.298 e. The lowest BCUT2D eigenvalue weighted by molar-refractivity contribution is 0.112. The SMILES string of the molecule is O=Cc1cn(Cc2cccc(Br)c2)nc1-c1sccc1Br. The average Bonchev–Trinajstić information content (AvgIpc) is 3.04. The molecule has 106 valence electrons. The van der Waals surface area contributed by atoms with E-state index < -0.39 is 0 Å². The molecule has 2 aromatic heterocycles. The Labute approximate surface area is 142 Å². The number of rotatable bonds is 4. The summed E-state index contributed by atoms with van der Waals surface area (Å²) in [5, 5.41) is 6.53. The van der Waals surface area contributed by atoms with Crippen LogP contribution in [0.25, 0.3) is 10.6 Å². The molecule has 3 rings (SSSR count). The number of halogens is 2. The molecule has 0 spiro atoms. The van der Waals surface area contributed by atoms with Gasteiger partial charge < -0.3 is 0 Å². The lowest BCUT2D eigenvalue weighted by Crippen LogP contribution is -2.00. The van der Waals surface area contributed by atoms with Gasteiger partial charge in [-0.3, -0.25) is 9.48 Å². The summed E-state index contributed by atoms with van der Waals surface area (Å²) in [7, 11) is 0. The molecule has 0 aliphatic heterocycles. The fourth-order valence-corrected chi connectivity index (χ4v) is 4.08. The molecule has 2 heterocycles. The normalized spacial score (nSPS) is 10.8. The summed E-state index contributed by atoms with van der Waals surface area (Å²) in [6.45, 7) is 0.628. The van der Waals surface area contributed by atoms with Gasteiger partial charge in [-0.1, -0.05) is 28.1 Å². The molecule has 0 amide bonds. The first-order valence-corrected chi connectivity index (χ1v) is 8.64. The molecule has 0 unspecified atom stereocenters. The highest BCUT2D eigenvalue weighted by Crippen LogP contribution is 2.34. The Bertz CT molecular complexity index is 795. The average molecular weight is 426 g/mol. The van der Waals surface area contributed by atoms with Crippen LogP contribution in [0.2, 0.25) is 0 Å². The van der Waals surface area contributed by atoms with Gasteiger partial charge in [0.15, 0.2) is 6.29 Å². The second-order valence-electron chi connectivity index (χ2n) is 4.48. The maximum Gasteiger partial charge on any atom is 0.153 e. The molecule has 0 saturated heterocycles. The van der Waals surface area contributed by atoms with Gasteiger partial charge in [-0.25, -0.2) is 0 Å². The van der Waals surface area contributed by atoms with Crippen LogP contribution < -0.4 is 0 Å². The number of benzene rings is 1. The summed E-state index contributed by atoms with van der Waals surface area (Å²) < 4.78 is 3.79. The van der Waals surface area contributed by atoms with Gasteiger partial charge in [0, 0.05) is 15.1 Å². The van der Waals surface area contributed by atoms with E-state index in [1.807, 2.05) is 35.7 Å². The molecule has 0 aliphatic carbocycles. The third-order valence-electron chi connectivity index (χ3n) is 2.98. The molecule has 1 aromatic carbocycles. The van der Waals surface area contributed by atoms with E-state index >= 15 is 0 Å². The summed E-state index contributed by atoms with van der Waals surface area (Å²) in [4.78, 5) is 12.3. The summed E-state index contributed by atoms with van der Waals surface area (Å²) in [6, 6.07) is 10.0. The van der Waals surface area contributed by atoms with Gasteiger partial charge in [0.05, 0.1) is 17.0 Å².